The monoisotopic (exact) mass is 292 g/mol. The summed E-state index contributed by atoms with van der Waals surface area (Å²) in [5.74, 6) is -4.42. The number of benzene rings is 1. The number of hydrogen-bond donors (Lipinski definition) is 2. The minimum absolute atomic E-state index is 0.0978. The van der Waals surface area contributed by atoms with Crippen LogP contribution in [0.2, 0.25) is 0 Å². The molecule has 2 N–H and O–H groups in total. The standard InChI is InChI=1S/C15H14F2N2O2/c1-2-15(16,17)12-9-8-11(14(20)21)13(19-12)18-10-6-4-3-5-7-10/h3-9H,2H2,1H3,(H,18,19)(H,20,21). The second kappa shape index (κ2) is 5.87. The number of halogens is 2. The van der Waals surface area contributed by atoms with Crippen LogP contribution in [-0.4, -0.2) is 16.1 Å². The Balaban J connectivity index is 2.45. The highest BCUT2D eigenvalue weighted by Crippen LogP contribution is 2.32. The zero-order valence-corrected chi connectivity index (χ0v) is 11.3. The van der Waals surface area contributed by atoms with Crippen LogP contribution in [0.1, 0.15) is 29.4 Å². The Bertz CT molecular complexity index is 645. The van der Waals surface area contributed by atoms with Crippen LogP contribution in [0.3, 0.4) is 0 Å². The van der Waals surface area contributed by atoms with Crippen LogP contribution in [0.25, 0.3) is 0 Å². The Hall–Kier alpha value is -2.50. The van der Waals surface area contributed by atoms with E-state index in [0.29, 0.717) is 5.69 Å². The van der Waals surface area contributed by atoms with Crippen molar-refractivity contribution in [1.82, 2.24) is 4.98 Å². The van der Waals surface area contributed by atoms with Crippen molar-refractivity contribution in [3.05, 3.63) is 53.7 Å². The van der Waals surface area contributed by atoms with Gasteiger partial charge in [-0.25, -0.2) is 9.78 Å². The number of nitrogens with zero attached hydrogens (tertiary/aromatic N) is 1. The molecule has 1 aromatic carbocycles. The molecule has 0 radical (unpaired) electrons. The van der Waals surface area contributed by atoms with E-state index in [2.05, 4.69) is 10.3 Å². The van der Waals surface area contributed by atoms with E-state index < -0.39 is 24.0 Å². The Morgan fingerprint density at radius 1 is 1.24 bits per heavy atom. The van der Waals surface area contributed by atoms with Gasteiger partial charge < -0.3 is 10.4 Å². The summed E-state index contributed by atoms with van der Waals surface area (Å²) in [5.41, 5.74) is -0.0348. The molecule has 1 heterocycles. The van der Waals surface area contributed by atoms with Crippen molar-refractivity contribution in [3.8, 4) is 0 Å². The highest BCUT2D eigenvalue weighted by atomic mass is 19.3. The summed E-state index contributed by atoms with van der Waals surface area (Å²) in [5, 5.41) is 11.9. The van der Waals surface area contributed by atoms with Gasteiger partial charge in [0.1, 0.15) is 17.1 Å². The molecule has 0 spiro atoms. The van der Waals surface area contributed by atoms with Crippen molar-refractivity contribution < 1.29 is 18.7 Å². The first-order valence-corrected chi connectivity index (χ1v) is 6.38. The number of aromatic nitrogens is 1. The molecule has 0 saturated heterocycles. The first kappa shape index (κ1) is 14.9. The molecule has 0 amide bonds. The molecule has 4 nitrogen and oxygen atoms in total. The summed E-state index contributed by atoms with van der Waals surface area (Å²) in [6.07, 6.45) is -0.406. The molecule has 21 heavy (non-hydrogen) atoms. The third-order valence-electron chi connectivity index (χ3n) is 2.98. The van der Waals surface area contributed by atoms with Crippen molar-refractivity contribution in [3.63, 3.8) is 0 Å². The molecule has 0 bridgehead atoms. The van der Waals surface area contributed by atoms with E-state index in [-0.39, 0.29) is 11.4 Å². The van der Waals surface area contributed by atoms with Gasteiger partial charge in [-0.2, -0.15) is 8.78 Å². The summed E-state index contributed by atoms with van der Waals surface area (Å²) in [6.45, 7) is 1.34. The van der Waals surface area contributed by atoms with Gasteiger partial charge in [-0.05, 0) is 24.3 Å². The van der Waals surface area contributed by atoms with Gasteiger partial charge in [-0.1, -0.05) is 25.1 Å². The molecule has 2 aromatic rings. The number of pyridine rings is 1. The number of nitrogens with one attached hydrogen (secondary N) is 1. The van der Waals surface area contributed by atoms with E-state index in [4.69, 9.17) is 5.11 Å². The van der Waals surface area contributed by atoms with Crippen LogP contribution in [0.15, 0.2) is 42.5 Å². The van der Waals surface area contributed by atoms with E-state index >= 15 is 0 Å². The van der Waals surface area contributed by atoms with Crippen LogP contribution in [0.4, 0.5) is 20.3 Å². The van der Waals surface area contributed by atoms with E-state index in [1.165, 1.54) is 6.92 Å². The molecule has 110 valence electrons. The number of anilines is 2. The molecular weight excluding hydrogens is 278 g/mol. The third kappa shape index (κ3) is 3.34. The summed E-state index contributed by atoms with van der Waals surface area (Å²) in [6, 6.07) is 10.8. The Morgan fingerprint density at radius 3 is 2.48 bits per heavy atom. The lowest BCUT2D eigenvalue weighted by molar-refractivity contribution is -0.0127. The fourth-order valence-corrected chi connectivity index (χ4v) is 1.77. The summed E-state index contributed by atoms with van der Waals surface area (Å²) in [4.78, 5) is 15.0. The molecule has 0 aliphatic carbocycles. The highest BCUT2D eigenvalue weighted by molar-refractivity contribution is 5.94. The number of carbonyl (C=O) groups is 1. The number of para-hydroxylation sites is 1. The topological polar surface area (TPSA) is 62.2 Å². The van der Waals surface area contributed by atoms with Crippen LogP contribution >= 0.6 is 0 Å². The number of carboxylic acid groups (broad SMARTS) is 1. The highest BCUT2D eigenvalue weighted by Gasteiger charge is 2.31. The van der Waals surface area contributed by atoms with Crippen LogP contribution in [0.5, 0.6) is 0 Å². The molecule has 0 atom stereocenters. The van der Waals surface area contributed by atoms with Crippen molar-refractivity contribution in [2.75, 3.05) is 5.32 Å². The van der Waals surface area contributed by atoms with Gasteiger partial charge in [0.25, 0.3) is 5.92 Å². The largest absolute Gasteiger partial charge is 0.478 e. The normalized spacial score (nSPS) is 11.2. The lowest BCUT2D eigenvalue weighted by Gasteiger charge is -2.16. The molecule has 0 unspecified atom stereocenters. The minimum atomic E-state index is -3.09. The third-order valence-corrected chi connectivity index (χ3v) is 2.98. The Kier molecular flexibility index (Phi) is 4.16. The lowest BCUT2D eigenvalue weighted by atomic mass is 10.1. The summed E-state index contributed by atoms with van der Waals surface area (Å²) < 4.78 is 27.4. The second-order valence-corrected chi connectivity index (χ2v) is 4.45. The number of carboxylic acids is 1. The van der Waals surface area contributed by atoms with E-state index in [1.54, 1.807) is 30.3 Å². The predicted molar refractivity (Wildman–Crippen MR) is 75.1 cm³/mol. The fraction of sp³-hybridized carbons (Fsp3) is 0.200. The molecular formula is C15H14F2N2O2. The van der Waals surface area contributed by atoms with E-state index in [1.807, 2.05) is 0 Å². The van der Waals surface area contributed by atoms with Crippen LogP contribution < -0.4 is 5.32 Å². The maximum atomic E-state index is 13.7. The quantitative estimate of drug-likeness (QED) is 0.873. The number of rotatable bonds is 5. The van der Waals surface area contributed by atoms with Crippen molar-refractivity contribution in [2.24, 2.45) is 0 Å². The molecule has 0 aliphatic heterocycles. The van der Waals surface area contributed by atoms with Gasteiger partial charge in [0.2, 0.25) is 0 Å². The zero-order chi connectivity index (χ0) is 15.5. The zero-order valence-electron chi connectivity index (χ0n) is 11.3. The fourth-order valence-electron chi connectivity index (χ4n) is 1.77. The molecule has 0 saturated carbocycles. The van der Waals surface area contributed by atoms with Crippen LogP contribution in [-0.2, 0) is 5.92 Å². The number of alkyl halides is 2. The average Bonchev–Trinajstić information content (AvgIpc) is 2.48. The van der Waals surface area contributed by atoms with Crippen LogP contribution in [0, 0.1) is 0 Å². The first-order valence-electron chi connectivity index (χ1n) is 6.38. The molecule has 1 aromatic heterocycles. The van der Waals surface area contributed by atoms with Gasteiger partial charge in [0, 0.05) is 12.1 Å². The average molecular weight is 292 g/mol. The van der Waals surface area contributed by atoms with Gasteiger partial charge in [-0.15, -0.1) is 0 Å². The van der Waals surface area contributed by atoms with Gasteiger partial charge in [0.15, 0.2) is 0 Å². The van der Waals surface area contributed by atoms with Crippen molar-refractivity contribution in [2.45, 2.75) is 19.3 Å². The van der Waals surface area contributed by atoms with E-state index in [9.17, 15) is 13.6 Å². The Labute approximate surface area is 120 Å². The maximum absolute atomic E-state index is 13.7. The first-order chi connectivity index (χ1) is 9.94. The van der Waals surface area contributed by atoms with E-state index in [0.717, 1.165) is 12.1 Å². The Morgan fingerprint density at radius 2 is 1.90 bits per heavy atom. The minimum Gasteiger partial charge on any atom is -0.478 e. The van der Waals surface area contributed by atoms with Crippen molar-refractivity contribution >= 4 is 17.5 Å². The summed E-state index contributed by atoms with van der Waals surface area (Å²) >= 11 is 0. The number of aromatic carboxylic acids is 1. The van der Waals surface area contributed by atoms with Gasteiger partial charge in [0.05, 0.1) is 0 Å². The lowest BCUT2D eigenvalue weighted by Crippen LogP contribution is -2.16. The van der Waals surface area contributed by atoms with Gasteiger partial charge >= 0.3 is 5.97 Å². The predicted octanol–water partition coefficient (Wildman–Crippen LogP) is 4.03. The number of hydrogen-bond acceptors (Lipinski definition) is 3. The molecule has 2 rings (SSSR count). The maximum Gasteiger partial charge on any atom is 0.339 e. The molecule has 0 aliphatic rings. The summed E-state index contributed by atoms with van der Waals surface area (Å²) in [7, 11) is 0. The smallest absolute Gasteiger partial charge is 0.339 e. The molecule has 0 fully saturated rings. The van der Waals surface area contributed by atoms with Gasteiger partial charge in [-0.3, -0.25) is 0 Å². The SMILES string of the molecule is CCC(F)(F)c1ccc(C(=O)O)c(Nc2ccccc2)n1. The second-order valence-electron chi connectivity index (χ2n) is 4.45. The molecule has 6 heteroatoms. The van der Waals surface area contributed by atoms with Crippen molar-refractivity contribution in [1.29, 1.82) is 0 Å².